The summed E-state index contributed by atoms with van der Waals surface area (Å²) >= 11 is 0. The standard InChI is InChI=1S/C24H40N4O2/c1-24(2,3)22-19(9-8-14-30-22)16-27-23(25-4)26-15-18-12-13-28(17-18)20-10-6-7-11-21(20)29-5/h6-7,10-11,18-19,22H,8-9,12-17H2,1-5H3,(H2,25,26,27). The molecule has 0 aliphatic carbocycles. The van der Waals surface area contributed by atoms with Gasteiger partial charge in [-0.15, -0.1) is 0 Å². The first-order valence-electron chi connectivity index (χ1n) is 11.4. The van der Waals surface area contributed by atoms with E-state index >= 15 is 0 Å². The highest BCUT2D eigenvalue weighted by molar-refractivity contribution is 5.79. The molecule has 168 valence electrons. The molecule has 3 rings (SSSR count). The topological polar surface area (TPSA) is 58.1 Å². The number of benzene rings is 1. The van der Waals surface area contributed by atoms with Crippen LogP contribution < -0.4 is 20.3 Å². The molecule has 2 aliphatic rings. The number of anilines is 1. The van der Waals surface area contributed by atoms with Gasteiger partial charge in [-0.05, 0) is 42.7 Å². The van der Waals surface area contributed by atoms with Crippen LogP contribution in [0.4, 0.5) is 5.69 Å². The third-order valence-electron chi connectivity index (χ3n) is 6.32. The number of hydrogen-bond donors (Lipinski definition) is 2. The Balaban J connectivity index is 1.47. The maximum atomic E-state index is 6.12. The van der Waals surface area contributed by atoms with Crippen molar-refractivity contribution < 1.29 is 9.47 Å². The Morgan fingerprint density at radius 3 is 2.70 bits per heavy atom. The summed E-state index contributed by atoms with van der Waals surface area (Å²) in [5.41, 5.74) is 1.35. The second-order valence-corrected chi connectivity index (χ2v) is 9.67. The lowest BCUT2D eigenvalue weighted by Crippen LogP contribution is -2.48. The monoisotopic (exact) mass is 416 g/mol. The second kappa shape index (κ2) is 10.4. The van der Waals surface area contributed by atoms with E-state index in [1.807, 2.05) is 19.2 Å². The molecule has 0 spiro atoms. The Bertz CT molecular complexity index is 701. The van der Waals surface area contributed by atoms with Gasteiger partial charge in [-0.3, -0.25) is 4.99 Å². The summed E-state index contributed by atoms with van der Waals surface area (Å²) in [5, 5.41) is 7.10. The van der Waals surface area contributed by atoms with Gasteiger partial charge in [-0.2, -0.15) is 0 Å². The molecule has 3 atom stereocenters. The zero-order chi connectivity index (χ0) is 21.6. The first kappa shape index (κ1) is 22.7. The molecule has 30 heavy (non-hydrogen) atoms. The summed E-state index contributed by atoms with van der Waals surface area (Å²) < 4.78 is 11.7. The Hall–Kier alpha value is -1.95. The van der Waals surface area contributed by atoms with Gasteiger partial charge in [0.25, 0.3) is 0 Å². The van der Waals surface area contributed by atoms with Crippen LogP contribution in [-0.4, -0.2) is 59.0 Å². The maximum absolute atomic E-state index is 6.12. The van der Waals surface area contributed by atoms with Crippen LogP contribution in [0.25, 0.3) is 0 Å². The number of ether oxygens (including phenoxy) is 2. The molecule has 6 heteroatoms. The molecule has 1 aromatic rings. The van der Waals surface area contributed by atoms with Crippen LogP contribution in [0.15, 0.2) is 29.3 Å². The lowest BCUT2D eigenvalue weighted by Gasteiger charge is -2.40. The van der Waals surface area contributed by atoms with E-state index in [2.05, 4.69) is 53.4 Å². The fraction of sp³-hybridized carbons (Fsp3) is 0.708. The highest BCUT2D eigenvalue weighted by atomic mass is 16.5. The molecule has 0 saturated carbocycles. The van der Waals surface area contributed by atoms with Crippen LogP contribution in [0, 0.1) is 17.3 Å². The molecule has 1 aromatic carbocycles. The van der Waals surface area contributed by atoms with Gasteiger partial charge in [0.15, 0.2) is 5.96 Å². The fourth-order valence-electron chi connectivity index (χ4n) is 4.81. The predicted octanol–water partition coefficient (Wildman–Crippen LogP) is 3.53. The zero-order valence-corrected chi connectivity index (χ0v) is 19.4. The van der Waals surface area contributed by atoms with Crippen molar-refractivity contribution >= 4 is 11.6 Å². The summed E-state index contributed by atoms with van der Waals surface area (Å²) in [7, 11) is 3.59. The summed E-state index contributed by atoms with van der Waals surface area (Å²) in [5.74, 6) is 2.95. The van der Waals surface area contributed by atoms with E-state index in [1.54, 1.807) is 7.11 Å². The summed E-state index contributed by atoms with van der Waals surface area (Å²) in [6.45, 7) is 11.6. The van der Waals surface area contributed by atoms with Gasteiger partial charge in [-0.25, -0.2) is 0 Å². The Labute approximate surface area is 182 Å². The van der Waals surface area contributed by atoms with Crippen LogP contribution >= 0.6 is 0 Å². The second-order valence-electron chi connectivity index (χ2n) is 9.67. The Kier molecular flexibility index (Phi) is 7.87. The summed E-state index contributed by atoms with van der Waals surface area (Å²) in [6.07, 6.45) is 3.82. The highest BCUT2D eigenvalue weighted by Crippen LogP contribution is 2.34. The number of nitrogens with one attached hydrogen (secondary N) is 2. The van der Waals surface area contributed by atoms with Crippen LogP contribution in [0.3, 0.4) is 0 Å². The van der Waals surface area contributed by atoms with Crippen molar-refractivity contribution in [3.63, 3.8) is 0 Å². The predicted molar refractivity (Wildman–Crippen MR) is 125 cm³/mol. The lowest BCUT2D eigenvalue weighted by atomic mass is 9.78. The van der Waals surface area contributed by atoms with Crippen molar-refractivity contribution in [3.8, 4) is 5.75 Å². The van der Waals surface area contributed by atoms with E-state index < -0.39 is 0 Å². The number of methoxy groups -OCH3 is 1. The van der Waals surface area contributed by atoms with E-state index in [0.29, 0.717) is 17.9 Å². The molecular formula is C24H40N4O2. The van der Waals surface area contributed by atoms with Crippen LogP contribution in [0.1, 0.15) is 40.0 Å². The van der Waals surface area contributed by atoms with Gasteiger partial charge in [0.2, 0.25) is 0 Å². The molecule has 2 saturated heterocycles. The van der Waals surface area contributed by atoms with Gasteiger partial charge in [0.1, 0.15) is 5.75 Å². The molecule has 2 heterocycles. The Morgan fingerprint density at radius 2 is 1.97 bits per heavy atom. The molecule has 2 fully saturated rings. The summed E-state index contributed by atoms with van der Waals surface area (Å²) in [4.78, 5) is 6.87. The number of hydrogen-bond acceptors (Lipinski definition) is 4. The van der Waals surface area contributed by atoms with Gasteiger partial charge >= 0.3 is 0 Å². The average molecular weight is 417 g/mol. The van der Waals surface area contributed by atoms with Gasteiger partial charge in [0.05, 0.1) is 18.9 Å². The molecule has 2 aliphatic heterocycles. The van der Waals surface area contributed by atoms with Crippen molar-refractivity contribution in [2.24, 2.45) is 22.2 Å². The van der Waals surface area contributed by atoms with Crippen molar-refractivity contribution in [1.82, 2.24) is 10.6 Å². The maximum Gasteiger partial charge on any atom is 0.190 e. The molecule has 0 aromatic heterocycles. The van der Waals surface area contributed by atoms with Crippen molar-refractivity contribution in [2.45, 2.75) is 46.1 Å². The van der Waals surface area contributed by atoms with Crippen LogP contribution in [-0.2, 0) is 4.74 Å². The smallest absolute Gasteiger partial charge is 0.190 e. The van der Waals surface area contributed by atoms with E-state index in [4.69, 9.17) is 9.47 Å². The zero-order valence-electron chi connectivity index (χ0n) is 19.4. The first-order chi connectivity index (χ1) is 14.4. The van der Waals surface area contributed by atoms with E-state index in [1.165, 1.54) is 18.5 Å². The minimum Gasteiger partial charge on any atom is -0.495 e. The number of aliphatic imine (C=N–C) groups is 1. The third-order valence-corrected chi connectivity index (χ3v) is 6.32. The Morgan fingerprint density at radius 1 is 1.20 bits per heavy atom. The quantitative estimate of drug-likeness (QED) is 0.549. The molecular weight excluding hydrogens is 376 g/mol. The SMILES string of the molecule is CN=C(NCC1CCN(c2ccccc2OC)C1)NCC1CCCOC1C(C)(C)C. The normalized spacial score (nSPS) is 25.3. The average Bonchev–Trinajstić information content (AvgIpc) is 3.22. The number of nitrogens with zero attached hydrogens (tertiary/aromatic N) is 2. The molecule has 0 amide bonds. The van der Waals surface area contributed by atoms with E-state index in [0.717, 1.165) is 50.9 Å². The number of rotatable bonds is 6. The van der Waals surface area contributed by atoms with Gasteiger partial charge in [-0.1, -0.05) is 32.9 Å². The fourth-order valence-corrected chi connectivity index (χ4v) is 4.81. The molecule has 0 radical (unpaired) electrons. The van der Waals surface area contributed by atoms with Crippen molar-refractivity contribution in [1.29, 1.82) is 0 Å². The number of guanidine groups is 1. The third kappa shape index (κ3) is 5.81. The highest BCUT2D eigenvalue weighted by Gasteiger charge is 2.35. The molecule has 6 nitrogen and oxygen atoms in total. The van der Waals surface area contributed by atoms with Crippen molar-refractivity contribution in [3.05, 3.63) is 24.3 Å². The van der Waals surface area contributed by atoms with Gasteiger partial charge in [0, 0.05) is 45.8 Å². The minimum absolute atomic E-state index is 0.162. The lowest BCUT2D eigenvalue weighted by molar-refractivity contribution is -0.0835. The van der Waals surface area contributed by atoms with Gasteiger partial charge < -0.3 is 25.0 Å². The van der Waals surface area contributed by atoms with Crippen molar-refractivity contribution in [2.75, 3.05) is 51.8 Å². The molecule has 0 bridgehead atoms. The molecule has 3 unspecified atom stereocenters. The first-order valence-corrected chi connectivity index (χ1v) is 11.4. The van der Waals surface area contributed by atoms with Crippen LogP contribution in [0.5, 0.6) is 5.75 Å². The summed E-state index contributed by atoms with van der Waals surface area (Å²) in [6, 6.07) is 8.28. The van der Waals surface area contributed by atoms with Crippen LogP contribution in [0.2, 0.25) is 0 Å². The number of para-hydroxylation sites is 2. The molecule has 2 N–H and O–H groups in total. The largest absolute Gasteiger partial charge is 0.495 e. The van der Waals surface area contributed by atoms with E-state index in [9.17, 15) is 0 Å². The minimum atomic E-state index is 0.162. The van der Waals surface area contributed by atoms with E-state index in [-0.39, 0.29) is 5.41 Å².